The highest BCUT2D eigenvalue weighted by atomic mass is 16.5. The van der Waals surface area contributed by atoms with Crippen LogP contribution in [0.3, 0.4) is 0 Å². The minimum Gasteiger partial charge on any atom is -0.497 e. The first-order chi connectivity index (χ1) is 15.7. The Morgan fingerprint density at radius 1 is 1.00 bits per heavy atom. The first kappa shape index (κ1) is 18.8. The molecule has 6 heteroatoms. The molecule has 0 amide bonds. The smallest absolute Gasteiger partial charge is 0.209 e. The van der Waals surface area contributed by atoms with E-state index < -0.39 is 0 Å². The number of ether oxygens (including phenoxy) is 1. The maximum atomic E-state index is 13.6. The van der Waals surface area contributed by atoms with Crippen LogP contribution in [0.25, 0.3) is 11.0 Å². The third-order valence-corrected chi connectivity index (χ3v) is 6.49. The van der Waals surface area contributed by atoms with E-state index in [0.29, 0.717) is 6.42 Å². The Bertz CT molecular complexity index is 1360. The second kappa shape index (κ2) is 7.34. The van der Waals surface area contributed by atoms with Gasteiger partial charge in [0, 0.05) is 30.1 Å². The number of benzene rings is 2. The maximum Gasteiger partial charge on any atom is 0.209 e. The number of methoxy groups -OCH3 is 1. The van der Waals surface area contributed by atoms with Gasteiger partial charge in [0.15, 0.2) is 5.78 Å². The van der Waals surface area contributed by atoms with Crippen LogP contribution in [-0.2, 0) is 4.79 Å². The topological polar surface area (TPSA) is 69.0 Å². The van der Waals surface area contributed by atoms with Gasteiger partial charge in [0.05, 0.1) is 24.2 Å². The molecule has 6 nitrogen and oxygen atoms in total. The van der Waals surface area contributed by atoms with Gasteiger partial charge in [0.2, 0.25) is 5.95 Å². The monoisotopic (exact) mass is 422 g/mol. The number of anilines is 1. The number of hydrogen-bond donors (Lipinski definition) is 1. The molecule has 2 aromatic carbocycles. The van der Waals surface area contributed by atoms with Gasteiger partial charge in [-0.25, -0.2) is 4.98 Å². The molecule has 1 aliphatic heterocycles. The van der Waals surface area contributed by atoms with Crippen molar-refractivity contribution in [2.75, 3.05) is 12.4 Å². The lowest BCUT2D eigenvalue weighted by Gasteiger charge is -2.36. The number of aromatic nitrogens is 3. The van der Waals surface area contributed by atoms with Crippen LogP contribution in [0.2, 0.25) is 0 Å². The summed E-state index contributed by atoms with van der Waals surface area (Å²) in [4.78, 5) is 22.8. The summed E-state index contributed by atoms with van der Waals surface area (Å²) in [7, 11) is 1.66. The van der Waals surface area contributed by atoms with Gasteiger partial charge in [0.25, 0.3) is 0 Å². The standard InChI is InChI=1S/C26H22N4O2/c1-32-19-10-8-16(9-11-19)18-13-21-24(23(31)14-18)25(17-5-4-12-27-15-17)30-22-7-3-2-6-20(22)28-26(30)29-21/h2-12,15,18,25H,13-14H2,1H3,(H,28,29). The van der Waals surface area contributed by atoms with Crippen LogP contribution in [0.15, 0.2) is 84.3 Å². The number of carbonyl (C=O) groups is 1. The number of nitrogens with zero attached hydrogens (tertiary/aromatic N) is 3. The molecule has 0 spiro atoms. The third-order valence-electron chi connectivity index (χ3n) is 6.49. The second-order valence-electron chi connectivity index (χ2n) is 8.30. The number of hydrogen-bond acceptors (Lipinski definition) is 5. The first-order valence-corrected chi connectivity index (χ1v) is 10.8. The summed E-state index contributed by atoms with van der Waals surface area (Å²) >= 11 is 0. The van der Waals surface area contributed by atoms with Crippen molar-refractivity contribution in [1.29, 1.82) is 0 Å². The van der Waals surface area contributed by atoms with Gasteiger partial charge in [-0.05, 0) is 53.8 Å². The molecule has 1 N–H and O–H groups in total. The van der Waals surface area contributed by atoms with Crippen molar-refractivity contribution in [3.05, 3.63) is 95.5 Å². The van der Waals surface area contributed by atoms with Crippen LogP contribution in [-0.4, -0.2) is 27.4 Å². The highest BCUT2D eigenvalue weighted by Gasteiger charge is 2.39. The first-order valence-electron chi connectivity index (χ1n) is 10.8. The molecule has 0 fully saturated rings. The zero-order valence-corrected chi connectivity index (χ0v) is 17.7. The highest BCUT2D eigenvalue weighted by Crippen LogP contribution is 2.45. The van der Waals surface area contributed by atoms with Crippen LogP contribution in [0.1, 0.15) is 35.9 Å². The van der Waals surface area contributed by atoms with Gasteiger partial charge in [-0.15, -0.1) is 0 Å². The molecule has 1 aliphatic carbocycles. The van der Waals surface area contributed by atoms with Crippen LogP contribution < -0.4 is 10.1 Å². The lowest BCUT2D eigenvalue weighted by molar-refractivity contribution is -0.116. The van der Waals surface area contributed by atoms with Gasteiger partial charge >= 0.3 is 0 Å². The van der Waals surface area contributed by atoms with E-state index >= 15 is 0 Å². The van der Waals surface area contributed by atoms with Crippen molar-refractivity contribution in [3.8, 4) is 5.75 Å². The van der Waals surface area contributed by atoms with Crippen molar-refractivity contribution in [2.45, 2.75) is 24.8 Å². The summed E-state index contributed by atoms with van der Waals surface area (Å²) in [6.07, 6.45) is 4.84. The number of Topliss-reactive ketones (excluding diaryl/α,β-unsaturated/α-hetero) is 1. The van der Waals surface area contributed by atoms with E-state index in [9.17, 15) is 4.79 Å². The van der Waals surface area contributed by atoms with E-state index in [1.54, 1.807) is 13.3 Å². The summed E-state index contributed by atoms with van der Waals surface area (Å²) in [6.45, 7) is 0. The average Bonchev–Trinajstić information content (AvgIpc) is 3.21. The SMILES string of the molecule is COc1ccc(C2CC(=O)C3=C(C2)Nc2nc4ccccc4n2C3c2cccnc2)cc1. The third kappa shape index (κ3) is 2.91. The number of carbonyl (C=O) groups excluding carboxylic acids is 1. The molecule has 0 saturated heterocycles. The van der Waals surface area contributed by atoms with E-state index in [0.717, 1.165) is 51.5 Å². The molecular formula is C26H22N4O2. The molecule has 2 aliphatic rings. The van der Waals surface area contributed by atoms with E-state index in [2.05, 4.69) is 33.1 Å². The quantitative estimate of drug-likeness (QED) is 0.511. The summed E-state index contributed by atoms with van der Waals surface area (Å²) in [5.41, 5.74) is 5.81. The van der Waals surface area contributed by atoms with E-state index in [-0.39, 0.29) is 17.7 Å². The van der Waals surface area contributed by atoms with Crippen LogP contribution in [0.5, 0.6) is 5.75 Å². The van der Waals surface area contributed by atoms with Crippen molar-refractivity contribution in [1.82, 2.24) is 14.5 Å². The Balaban J connectivity index is 1.48. The van der Waals surface area contributed by atoms with Crippen LogP contribution >= 0.6 is 0 Å². The average molecular weight is 422 g/mol. The molecule has 32 heavy (non-hydrogen) atoms. The molecule has 0 radical (unpaired) electrons. The van der Waals surface area contributed by atoms with Gasteiger partial charge in [-0.2, -0.15) is 0 Å². The fourth-order valence-corrected chi connectivity index (χ4v) is 4.99. The van der Waals surface area contributed by atoms with Crippen LogP contribution in [0.4, 0.5) is 5.95 Å². The molecule has 6 rings (SSSR count). The van der Waals surface area contributed by atoms with E-state index in [1.807, 2.05) is 48.7 Å². The molecule has 2 aromatic heterocycles. The lowest BCUT2D eigenvalue weighted by atomic mass is 9.78. The minimum atomic E-state index is -0.244. The molecule has 158 valence electrons. The number of pyridine rings is 1. The van der Waals surface area contributed by atoms with E-state index in [4.69, 9.17) is 9.72 Å². The lowest BCUT2D eigenvalue weighted by Crippen LogP contribution is -2.33. The summed E-state index contributed by atoms with van der Waals surface area (Å²) in [5, 5.41) is 3.51. The number of nitrogens with one attached hydrogen (secondary N) is 1. The normalized spacial score (nSPS) is 20.0. The molecule has 0 bridgehead atoms. The predicted molar refractivity (Wildman–Crippen MR) is 123 cm³/mol. The molecule has 2 unspecified atom stereocenters. The number of fused-ring (bicyclic) bond motifs is 3. The van der Waals surface area contributed by atoms with Crippen molar-refractivity contribution in [2.24, 2.45) is 0 Å². The fraction of sp³-hybridized carbons (Fsp3) is 0.192. The summed E-state index contributed by atoms with van der Waals surface area (Å²) in [5.74, 6) is 1.86. The predicted octanol–water partition coefficient (Wildman–Crippen LogP) is 4.86. The van der Waals surface area contributed by atoms with Gasteiger partial charge in [-0.3, -0.25) is 14.3 Å². The van der Waals surface area contributed by atoms with Crippen molar-refractivity contribution in [3.63, 3.8) is 0 Å². The fourth-order valence-electron chi connectivity index (χ4n) is 4.99. The summed E-state index contributed by atoms with van der Waals surface area (Å²) < 4.78 is 7.42. The second-order valence-corrected chi connectivity index (χ2v) is 8.30. The highest BCUT2D eigenvalue weighted by molar-refractivity contribution is 6.01. The van der Waals surface area contributed by atoms with Crippen molar-refractivity contribution >= 4 is 22.8 Å². The van der Waals surface area contributed by atoms with Crippen molar-refractivity contribution < 1.29 is 9.53 Å². The molecular weight excluding hydrogens is 400 g/mol. The number of ketones is 1. The number of para-hydroxylation sites is 2. The number of rotatable bonds is 3. The van der Waals surface area contributed by atoms with Crippen LogP contribution in [0, 0.1) is 0 Å². The molecule has 0 saturated carbocycles. The Hall–Kier alpha value is -3.93. The largest absolute Gasteiger partial charge is 0.497 e. The van der Waals surface area contributed by atoms with Gasteiger partial charge < -0.3 is 10.1 Å². The Morgan fingerprint density at radius 3 is 2.62 bits per heavy atom. The van der Waals surface area contributed by atoms with Gasteiger partial charge in [0.1, 0.15) is 5.75 Å². The molecule has 2 atom stereocenters. The Morgan fingerprint density at radius 2 is 1.84 bits per heavy atom. The molecule has 3 heterocycles. The summed E-state index contributed by atoms with van der Waals surface area (Å²) in [6, 6.07) is 19.8. The van der Waals surface area contributed by atoms with Gasteiger partial charge in [-0.1, -0.05) is 30.3 Å². The number of imidazole rings is 1. The Labute approximate surface area is 185 Å². The zero-order valence-electron chi connectivity index (χ0n) is 17.7. The van der Waals surface area contributed by atoms with E-state index in [1.165, 1.54) is 0 Å². The zero-order chi connectivity index (χ0) is 21.7. The minimum absolute atomic E-state index is 0.116. The molecule has 4 aromatic rings. The maximum absolute atomic E-state index is 13.6. The number of allylic oxidation sites excluding steroid dienone is 2. The Kier molecular flexibility index (Phi) is 4.31.